The molecule has 5 heteroatoms. The number of hydrogen-bond acceptors (Lipinski definition) is 4. The summed E-state index contributed by atoms with van der Waals surface area (Å²) in [7, 11) is 0. The first-order valence-electron chi connectivity index (χ1n) is 5.12. The molecule has 0 unspecified atom stereocenters. The molecular formula is C11H13N3OS. The molecule has 0 bridgehead atoms. The van der Waals surface area contributed by atoms with Gasteiger partial charge in [0, 0.05) is 42.5 Å². The molecule has 0 fully saturated rings. The van der Waals surface area contributed by atoms with Crippen LogP contribution in [-0.2, 0) is 13.0 Å². The van der Waals surface area contributed by atoms with Crippen LogP contribution >= 0.6 is 11.3 Å². The summed E-state index contributed by atoms with van der Waals surface area (Å²) < 4.78 is 0. The van der Waals surface area contributed by atoms with E-state index in [4.69, 9.17) is 0 Å². The minimum atomic E-state index is 0.00141. The third kappa shape index (κ3) is 3.29. The Morgan fingerprint density at radius 1 is 1.44 bits per heavy atom. The highest BCUT2D eigenvalue weighted by Gasteiger charge is 1.96. The van der Waals surface area contributed by atoms with E-state index in [0.717, 1.165) is 24.4 Å². The summed E-state index contributed by atoms with van der Waals surface area (Å²) in [5, 5.41) is 5.10. The zero-order valence-corrected chi connectivity index (χ0v) is 9.59. The number of aromatic amines is 1. The van der Waals surface area contributed by atoms with E-state index in [1.165, 1.54) is 11.3 Å². The van der Waals surface area contributed by atoms with Gasteiger partial charge in [-0.15, -0.1) is 0 Å². The van der Waals surface area contributed by atoms with Crippen molar-refractivity contribution in [2.45, 2.75) is 13.0 Å². The van der Waals surface area contributed by atoms with E-state index < -0.39 is 0 Å². The predicted octanol–water partition coefficient (Wildman–Crippen LogP) is 1.16. The summed E-state index contributed by atoms with van der Waals surface area (Å²) in [6, 6.07) is 5.90. The van der Waals surface area contributed by atoms with Crippen LogP contribution in [0.1, 0.15) is 11.4 Å². The molecule has 4 nitrogen and oxygen atoms in total. The van der Waals surface area contributed by atoms with Crippen molar-refractivity contribution >= 4 is 11.3 Å². The van der Waals surface area contributed by atoms with Crippen LogP contribution in [0, 0.1) is 0 Å². The molecule has 0 atom stereocenters. The number of nitrogens with zero attached hydrogens (tertiary/aromatic N) is 1. The second kappa shape index (κ2) is 5.58. The summed E-state index contributed by atoms with van der Waals surface area (Å²) in [4.78, 5) is 17.9. The molecule has 0 aromatic carbocycles. The molecule has 0 amide bonds. The number of hydrogen-bond donors (Lipinski definition) is 2. The molecule has 2 rings (SSSR count). The van der Waals surface area contributed by atoms with E-state index in [1.807, 2.05) is 23.6 Å². The number of nitrogens with one attached hydrogen (secondary N) is 2. The first-order chi connectivity index (χ1) is 7.84. The highest BCUT2D eigenvalue weighted by atomic mass is 32.1. The van der Waals surface area contributed by atoms with Crippen molar-refractivity contribution in [2.75, 3.05) is 6.54 Å². The van der Waals surface area contributed by atoms with Gasteiger partial charge in [0.1, 0.15) is 0 Å². The number of H-pyrrole nitrogens is 1. The molecule has 0 aliphatic carbocycles. The number of aromatic nitrogens is 2. The van der Waals surface area contributed by atoms with E-state index in [1.54, 1.807) is 6.20 Å². The molecule has 0 aliphatic rings. The maximum Gasteiger partial charge on any atom is 0.304 e. The Morgan fingerprint density at radius 2 is 2.38 bits per heavy atom. The van der Waals surface area contributed by atoms with Crippen molar-refractivity contribution in [3.63, 3.8) is 0 Å². The van der Waals surface area contributed by atoms with Crippen molar-refractivity contribution in [3.8, 4) is 0 Å². The molecule has 84 valence electrons. The maximum atomic E-state index is 10.9. The minimum Gasteiger partial charge on any atom is -0.315 e. The lowest BCUT2D eigenvalue weighted by molar-refractivity contribution is 0.670. The molecule has 0 saturated heterocycles. The molecule has 0 radical (unpaired) electrons. The lowest BCUT2D eigenvalue weighted by Gasteiger charge is -2.02. The van der Waals surface area contributed by atoms with Crippen LogP contribution in [0.5, 0.6) is 0 Å². The van der Waals surface area contributed by atoms with Gasteiger partial charge in [0.25, 0.3) is 0 Å². The molecule has 2 N–H and O–H groups in total. The van der Waals surface area contributed by atoms with Gasteiger partial charge >= 0.3 is 4.87 Å². The van der Waals surface area contributed by atoms with Crippen molar-refractivity contribution in [3.05, 3.63) is 50.8 Å². The lowest BCUT2D eigenvalue weighted by atomic mass is 10.3. The van der Waals surface area contributed by atoms with Crippen LogP contribution in [0.2, 0.25) is 0 Å². The first-order valence-corrected chi connectivity index (χ1v) is 6.00. The van der Waals surface area contributed by atoms with E-state index in [2.05, 4.69) is 15.3 Å². The average Bonchev–Trinajstić information content (AvgIpc) is 2.72. The minimum absolute atomic E-state index is 0.00141. The van der Waals surface area contributed by atoms with Crippen LogP contribution < -0.4 is 10.2 Å². The van der Waals surface area contributed by atoms with Gasteiger partial charge in [-0.2, -0.15) is 0 Å². The Hall–Kier alpha value is -1.46. The Labute approximate surface area is 97.4 Å². The third-order valence-corrected chi connectivity index (χ3v) is 2.89. The molecule has 16 heavy (non-hydrogen) atoms. The quantitative estimate of drug-likeness (QED) is 0.765. The van der Waals surface area contributed by atoms with Gasteiger partial charge in [-0.1, -0.05) is 17.4 Å². The molecular weight excluding hydrogens is 222 g/mol. The second-order valence-corrected chi connectivity index (χ2v) is 4.26. The largest absolute Gasteiger partial charge is 0.315 e. The Bertz CT molecular complexity index is 477. The van der Waals surface area contributed by atoms with E-state index in [-0.39, 0.29) is 4.87 Å². The molecule has 0 spiro atoms. The average molecular weight is 235 g/mol. The molecule has 2 heterocycles. The normalized spacial score (nSPS) is 10.5. The van der Waals surface area contributed by atoms with Gasteiger partial charge < -0.3 is 10.3 Å². The van der Waals surface area contributed by atoms with Gasteiger partial charge in [0.2, 0.25) is 0 Å². The van der Waals surface area contributed by atoms with Gasteiger partial charge in [-0.3, -0.25) is 9.78 Å². The fourth-order valence-electron chi connectivity index (χ4n) is 1.39. The van der Waals surface area contributed by atoms with Crippen molar-refractivity contribution in [2.24, 2.45) is 0 Å². The molecule has 2 aromatic rings. The van der Waals surface area contributed by atoms with Crippen LogP contribution in [0.15, 0.2) is 34.6 Å². The Morgan fingerprint density at radius 3 is 3.06 bits per heavy atom. The van der Waals surface area contributed by atoms with E-state index in [0.29, 0.717) is 6.54 Å². The van der Waals surface area contributed by atoms with E-state index in [9.17, 15) is 4.79 Å². The zero-order chi connectivity index (χ0) is 11.2. The summed E-state index contributed by atoms with van der Waals surface area (Å²) in [5.41, 5.74) is 2.02. The fraction of sp³-hybridized carbons (Fsp3) is 0.273. The zero-order valence-electron chi connectivity index (χ0n) is 8.77. The van der Waals surface area contributed by atoms with Crippen LogP contribution in [0.3, 0.4) is 0 Å². The molecule has 2 aromatic heterocycles. The molecule has 0 saturated carbocycles. The Balaban J connectivity index is 1.71. The SMILES string of the molecule is O=c1[nH]c(CNCCc2ccccn2)cs1. The molecule has 0 aliphatic heterocycles. The van der Waals surface area contributed by atoms with Crippen LogP contribution in [0.25, 0.3) is 0 Å². The first kappa shape index (κ1) is 11.0. The van der Waals surface area contributed by atoms with Gasteiger partial charge in [-0.05, 0) is 12.1 Å². The highest BCUT2D eigenvalue weighted by molar-refractivity contribution is 7.07. The Kier molecular flexibility index (Phi) is 3.85. The maximum absolute atomic E-state index is 10.9. The lowest BCUT2D eigenvalue weighted by Crippen LogP contribution is -2.17. The predicted molar refractivity (Wildman–Crippen MR) is 64.6 cm³/mol. The summed E-state index contributed by atoms with van der Waals surface area (Å²) in [6.07, 6.45) is 2.70. The summed E-state index contributed by atoms with van der Waals surface area (Å²) in [6.45, 7) is 1.56. The van der Waals surface area contributed by atoms with E-state index >= 15 is 0 Å². The fourth-order valence-corrected chi connectivity index (χ4v) is 1.97. The monoisotopic (exact) mass is 235 g/mol. The summed E-state index contributed by atoms with van der Waals surface area (Å²) in [5.74, 6) is 0. The number of pyridine rings is 1. The topological polar surface area (TPSA) is 57.8 Å². The van der Waals surface area contributed by atoms with Gasteiger partial charge in [0.05, 0.1) is 0 Å². The number of thiazole rings is 1. The third-order valence-electron chi connectivity index (χ3n) is 2.17. The van der Waals surface area contributed by atoms with Crippen LogP contribution in [0.4, 0.5) is 0 Å². The van der Waals surface area contributed by atoms with Crippen molar-refractivity contribution in [1.29, 1.82) is 0 Å². The van der Waals surface area contributed by atoms with Crippen LogP contribution in [-0.4, -0.2) is 16.5 Å². The standard InChI is InChI=1S/C11H13N3OS/c15-11-14-10(8-16-11)7-12-6-4-9-3-1-2-5-13-9/h1-3,5,8,12H,4,6-7H2,(H,14,15). The highest BCUT2D eigenvalue weighted by Crippen LogP contribution is 1.96. The van der Waals surface area contributed by atoms with Crippen molar-refractivity contribution < 1.29 is 0 Å². The van der Waals surface area contributed by atoms with Crippen molar-refractivity contribution in [1.82, 2.24) is 15.3 Å². The smallest absolute Gasteiger partial charge is 0.304 e. The summed E-state index contributed by atoms with van der Waals surface area (Å²) >= 11 is 1.20. The van der Waals surface area contributed by atoms with Gasteiger partial charge in [0.15, 0.2) is 0 Å². The second-order valence-electron chi connectivity index (χ2n) is 3.42. The number of rotatable bonds is 5. The van der Waals surface area contributed by atoms with Gasteiger partial charge in [-0.25, -0.2) is 0 Å².